The van der Waals surface area contributed by atoms with Gasteiger partial charge in [-0.05, 0) is 110 Å². The van der Waals surface area contributed by atoms with Gasteiger partial charge in [-0.1, -0.05) is 41.8 Å². The third-order valence-corrected chi connectivity index (χ3v) is 11.0. The highest BCUT2D eigenvalue weighted by Gasteiger charge is 2.58. The van der Waals surface area contributed by atoms with Gasteiger partial charge < -0.3 is 10.0 Å². The van der Waals surface area contributed by atoms with Crippen LogP contribution in [0.15, 0.2) is 52.2 Å². The fraction of sp³-hybridized carbons (Fsp3) is 0.618. The number of hydrogen-bond donors (Lipinski definition) is 1. The van der Waals surface area contributed by atoms with E-state index in [0.29, 0.717) is 24.0 Å². The number of benzene rings is 1. The molecule has 4 aliphatic carbocycles. The summed E-state index contributed by atoms with van der Waals surface area (Å²) in [7, 11) is 0. The number of Topliss-reactive ketones (excluding diaryl/α,β-unsaturated/α-hetero) is 1. The van der Waals surface area contributed by atoms with Crippen molar-refractivity contribution >= 4 is 11.5 Å². The van der Waals surface area contributed by atoms with E-state index in [1.807, 2.05) is 0 Å². The zero-order valence-electron chi connectivity index (χ0n) is 23.5. The van der Waals surface area contributed by atoms with Crippen LogP contribution < -0.4 is 4.90 Å². The van der Waals surface area contributed by atoms with Crippen molar-refractivity contribution in [3.63, 3.8) is 0 Å². The Morgan fingerprint density at radius 3 is 2.59 bits per heavy atom. The van der Waals surface area contributed by atoms with Crippen molar-refractivity contribution in [1.29, 1.82) is 0 Å². The van der Waals surface area contributed by atoms with E-state index < -0.39 is 0 Å². The number of nitroso groups, excluding NO2 is 1. The Hall–Kier alpha value is -2.71. The molecule has 0 bridgehead atoms. The third-order valence-electron chi connectivity index (χ3n) is 11.0. The predicted molar refractivity (Wildman–Crippen MR) is 155 cm³/mol. The molecular weight excluding hydrogens is 484 g/mol. The molecule has 0 amide bonds. The number of anilines is 1. The van der Waals surface area contributed by atoms with Crippen LogP contribution in [0.1, 0.15) is 83.1 Å². The summed E-state index contributed by atoms with van der Waals surface area (Å²) in [4.78, 5) is 27.0. The second-order valence-corrected chi connectivity index (χ2v) is 12.9. The molecule has 5 heteroatoms. The summed E-state index contributed by atoms with van der Waals surface area (Å²) < 4.78 is 0. The van der Waals surface area contributed by atoms with Crippen LogP contribution >= 0.6 is 0 Å². The zero-order valence-corrected chi connectivity index (χ0v) is 23.5. The van der Waals surface area contributed by atoms with Gasteiger partial charge in [0, 0.05) is 37.0 Å². The lowest BCUT2D eigenvalue weighted by Gasteiger charge is -2.54. The van der Waals surface area contributed by atoms with Gasteiger partial charge in [0.1, 0.15) is 18.4 Å². The van der Waals surface area contributed by atoms with Gasteiger partial charge in [-0.25, -0.2) is 0 Å². The molecule has 1 aliphatic heterocycles. The molecule has 7 atom stereocenters. The second-order valence-electron chi connectivity index (χ2n) is 12.9. The predicted octanol–water partition coefficient (Wildman–Crippen LogP) is 6.57. The van der Waals surface area contributed by atoms with Gasteiger partial charge in [-0.2, -0.15) is 4.91 Å². The molecule has 2 unspecified atom stereocenters. The maximum atomic E-state index is 12.9. The van der Waals surface area contributed by atoms with Gasteiger partial charge in [-0.3, -0.25) is 4.79 Å². The smallest absolute Gasteiger partial charge is 0.133 e. The van der Waals surface area contributed by atoms with Crippen molar-refractivity contribution in [2.75, 3.05) is 24.6 Å². The van der Waals surface area contributed by atoms with Gasteiger partial charge in [0.05, 0.1) is 0 Å². The Morgan fingerprint density at radius 1 is 1.13 bits per heavy atom. The normalized spacial score (nSPS) is 35.4. The minimum absolute atomic E-state index is 0.0110. The van der Waals surface area contributed by atoms with Gasteiger partial charge in [0.2, 0.25) is 0 Å². The maximum Gasteiger partial charge on any atom is 0.133 e. The molecule has 0 radical (unpaired) electrons. The second kappa shape index (κ2) is 10.7. The van der Waals surface area contributed by atoms with E-state index in [2.05, 4.69) is 59.2 Å². The molecule has 0 spiro atoms. The van der Waals surface area contributed by atoms with E-state index in [1.165, 1.54) is 35.2 Å². The first kappa shape index (κ1) is 26.5. The van der Waals surface area contributed by atoms with E-state index in [4.69, 9.17) is 0 Å². The first-order chi connectivity index (χ1) is 18.9. The fourth-order valence-electron chi connectivity index (χ4n) is 9.31. The largest absolute Gasteiger partial charge is 0.384 e. The highest BCUT2D eigenvalue weighted by Crippen LogP contribution is 2.66. The van der Waals surface area contributed by atoms with Crippen molar-refractivity contribution in [2.24, 2.45) is 34.3 Å². The number of allylic oxidation sites excluding steroid dienone is 3. The zero-order chi connectivity index (χ0) is 27.1. The van der Waals surface area contributed by atoms with Gasteiger partial charge in [0.15, 0.2) is 0 Å². The minimum Gasteiger partial charge on any atom is -0.384 e. The van der Waals surface area contributed by atoms with E-state index in [-0.39, 0.29) is 35.8 Å². The molecule has 6 rings (SSSR count). The number of nitrogens with zero attached hydrogens (tertiary/aromatic N) is 2. The van der Waals surface area contributed by atoms with Gasteiger partial charge in [-0.15, -0.1) is 5.92 Å². The molecule has 1 aromatic rings. The molecule has 1 saturated heterocycles. The lowest BCUT2D eigenvalue weighted by Crippen LogP contribution is -2.45. The number of hydrogen-bond acceptors (Lipinski definition) is 5. The Morgan fingerprint density at radius 2 is 1.90 bits per heavy atom. The molecule has 1 N–H and O–H groups in total. The number of ketones is 1. The average molecular weight is 527 g/mol. The first-order valence-electron chi connectivity index (χ1n) is 15.1. The van der Waals surface area contributed by atoms with Crippen molar-refractivity contribution in [1.82, 2.24) is 0 Å². The maximum absolute atomic E-state index is 12.9. The average Bonchev–Trinajstić information content (AvgIpc) is 3.61. The molecule has 206 valence electrons. The quantitative estimate of drug-likeness (QED) is 0.348. The Balaban J connectivity index is 1.46. The molecule has 0 aromatic heterocycles. The lowest BCUT2D eigenvalue weighted by molar-refractivity contribution is -0.125. The van der Waals surface area contributed by atoms with E-state index in [0.717, 1.165) is 51.6 Å². The molecule has 5 aliphatic rings. The summed E-state index contributed by atoms with van der Waals surface area (Å²) in [6.45, 7) is 6.36. The molecule has 39 heavy (non-hydrogen) atoms. The van der Waals surface area contributed by atoms with E-state index in [9.17, 15) is 14.8 Å². The SMILES string of the molecule is CC(=O)[C@H]1CC[C@H]2[C@@H]3CC(CC#CCO)C4=CC(N=O)CCC4=C3[C@@H](c3ccc(N4CCCC4)cc3)C[C@]12C. The summed E-state index contributed by atoms with van der Waals surface area (Å²) in [5.74, 6) is 7.98. The van der Waals surface area contributed by atoms with Crippen LogP contribution in [-0.4, -0.2) is 36.6 Å². The van der Waals surface area contributed by atoms with E-state index in [1.54, 1.807) is 12.5 Å². The van der Waals surface area contributed by atoms with Crippen LogP contribution in [0.4, 0.5) is 5.69 Å². The standard InChI is InChI=1S/C34H42N2O3/c1-22(38)31-14-15-32-29-19-24(7-3-6-18-37)28-20-25(35-39)10-13-27(28)33(29)30(21-34(31,32)2)23-8-11-26(12-9-23)36-16-4-5-17-36/h8-9,11-12,20,24-25,29-32,37H,4-5,7,10,13-19,21H2,1-2H3/t24?,25?,29-,30+,31+,32-,34+/m0/s1. The summed E-state index contributed by atoms with van der Waals surface area (Å²) >= 11 is 0. The molecular formula is C34H42N2O3. The molecule has 1 heterocycles. The number of fused-ring (bicyclic) bond motifs is 4. The Kier molecular flexibility index (Phi) is 7.27. The molecule has 1 aromatic carbocycles. The van der Waals surface area contributed by atoms with Crippen LogP contribution in [0.3, 0.4) is 0 Å². The Bertz CT molecular complexity index is 1250. The van der Waals surface area contributed by atoms with E-state index >= 15 is 0 Å². The van der Waals surface area contributed by atoms with Crippen molar-refractivity contribution in [2.45, 2.75) is 83.6 Å². The van der Waals surface area contributed by atoms with Crippen molar-refractivity contribution in [3.8, 4) is 11.8 Å². The van der Waals surface area contributed by atoms with Gasteiger partial charge >= 0.3 is 0 Å². The molecule has 3 fully saturated rings. The highest BCUT2D eigenvalue weighted by atomic mass is 16.3. The number of carbonyl (C=O) groups excluding carboxylic acids is 1. The van der Waals surface area contributed by atoms with Crippen molar-refractivity contribution < 1.29 is 9.90 Å². The number of rotatable bonds is 5. The highest BCUT2D eigenvalue weighted by molar-refractivity contribution is 5.79. The minimum atomic E-state index is -0.269. The monoisotopic (exact) mass is 526 g/mol. The number of aliphatic hydroxyl groups excluding tert-OH is 1. The fourth-order valence-corrected chi connectivity index (χ4v) is 9.31. The summed E-state index contributed by atoms with van der Waals surface area (Å²) in [5, 5.41) is 12.7. The van der Waals surface area contributed by atoms with Crippen LogP contribution in [0.25, 0.3) is 0 Å². The third kappa shape index (κ3) is 4.59. The first-order valence-corrected chi connectivity index (χ1v) is 15.1. The molecule has 5 nitrogen and oxygen atoms in total. The Labute approximate surface area is 233 Å². The molecule has 2 saturated carbocycles. The van der Waals surface area contributed by atoms with Crippen LogP contribution in [-0.2, 0) is 4.79 Å². The summed E-state index contributed by atoms with van der Waals surface area (Å²) in [6.07, 6.45) is 11.1. The van der Waals surface area contributed by atoms with Crippen molar-refractivity contribution in [3.05, 3.63) is 57.5 Å². The number of carbonyl (C=O) groups is 1. The topological polar surface area (TPSA) is 70.0 Å². The van der Waals surface area contributed by atoms with Gasteiger partial charge in [0.25, 0.3) is 0 Å². The van der Waals surface area contributed by atoms with Crippen LogP contribution in [0.2, 0.25) is 0 Å². The number of aliphatic hydroxyl groups is 1. The summed E-state index contributed by atoms with van der Waals surface area (Å²) in [5.41, 5.74) is 6.99. The van der Waals surface area contributed by atoms with Crippen LogP contribution in [0.5, 0.6) is 0 Å². The summed E-state index contributed by atoms with van der Waals surface area (Å²) in [6, 6.07) is 9.06. The van der Waals surface area contributed by atoms with Crippen LogP contribution in [0, 0.1) is 45.8 Å². The lowest BCUT2D eigenvalue weighted by atomic mass is 9.50.